The molecule has 2 aliphatic heterocycles. The maximum absolute atomic E-state index is 6.80. The van der Waals surface area contributed by atoms with Crippen molar-refractivity contribution in [2.45, 2.75) is 12.8 Å². The van der Waals surface area contributed by atoms with E-state index in [1.165, 1.54) is 38.9 Å². The number of hydrogen-bond acceptors (Lipinski definition) is 6. The molecule has 1 aliphatic carbocycles. The minimum Gasteiger partial charge on any atom is -0.456 e. The number of para-hydroxylation sites is 4. The summed E-state index contributed by atoms with van der Waals surface area (Å²) in [5.74, 6) is 3.96. The zero-order valence-electron chi connectivity index (χ0n) is 38.5. The predicted molar refractivity (Wildman–Crippen MR) is 286 cm³/mol. The van der Waals surface area contributed by atoms with Gasteiger partial charge in [-0.05, 0) is 113 Å². The van der Waals surface area contributed by atoms with E-state index in [1.807, 2.05) is 72.8 Å². The van der Waals surface area contributed by atoms with Crippen molar-refractivity contribution in [1.82, 2.24) is 19.5 Å². The van der Waals surface area contributed by atoms with Crippen LogP contribution in [0, 0.1) is 5.92 Å². The molecule has 334 valence electrons. The summed E-state index contributed by atoms with van der Waals surface area (Å²) in [6.07, 6.45) is 2.30. The third-order valence-electron chi connectivity index (χ3n) is 14.8. The summed E-state index contributed by atoms with van der Waals surface area (Å²) in [7, 11) is 0. The van der Waals surface area contributed by atoms with Gasteiger partial charge < -0.3 is 18.6 Å². The summed E-state index contributed by atoms with van der Waals surface area (Å²) in [6, 6.07) is 74.7. The maximum atomic E-state index is 6.80. The van der Waals surface area contributed by atoms with Crippen LogP contribution in [0.1, 0.15) is 24.0 Å². The van der Waals surface area contributed by atoms with Crippen molar-refractivity contribution in [2.75, 3.05) is 4.90 Å². The first kappa shape index (κ1) is 39.6. The number of aromatic nitrogens is 4. The van der Waals surface area contributed by atoms with Crippen LogP contribution in [0.5, 0.6) is 5.75 Å². The molecule has 9 aromatic carbocycles. The van der Waals surface area contributed by atoms with E-state index in [0.717, 1.165) is 83.7 Å². The van der Waals surface area contributed by atoms with Gasteiger partial charge in [0.15, 0.2) is 23.2 Å². The average molecular weight is 912 g/mol. The second-order valence-electron chi connectivity index (χ2n) is 18.7. The Morgan fingerprint density at radius 1 is 0.465 bits per heavy atom. The normalized spacial score (nSPS) is 15.8. The first-order valence-corrected chi connectivity index (χ1v) is 24.2. The highest BCUT2D eigenvalue weighted by Crippen LogP contribution is 2.60. The van der Waals surface area contributed by atoms with Crippen LogP contribution in [0.2, 0.25) is 0 Å². The fourth-order valence-corrected chi connectivity index (χ4v) is 11.6. The second-order valence-corrected chi connectivity index (χ2v) is 18.7. The quantitative estimate of drug-likeness (QED) is 0.166. The zero-order chi connectivity index (χ0) is 46.7. The Bertz CT molecular complexity index is 4170. The number of allylic oxidation sites excluding steroid dienone is 3. The molecule has 0 saturated heterocycles. The topological polar surface area (TPSA) is 69.2 Å². The molecule has 0 saturated carbocycles. The van der Waals surface area contributed by atoms with Crippen molar-refractivity contribution in [3.63, 3.8) is 0 Å². The van der Waals surface area contributed by atoms with Gasteiger partial charge in [0.1, 0.15) is 16.9 Å². The lowest BCUT2D eigenvalue weighted by Gasteiger charge is -2.37. The Morgan fingerprint density at radius 2 is 1.06 bits per heavy atom. The molecule has 12 aromatic rings. The summed E-state index contributed by atoms with van der Waals surface area (Å²) >= 11 is 0. The number of benzene rings is 9. The molecule has 2 unspecified atom stereocenters. The molecule has 3 aromatic heterocycles. The Balaban J connectivity index is 0.890. The third kappa shape index (κ3) is 6.06. The van der Waals surface area contributed by atoms with E-state index in [9.17, 15) is 0 Å². The summed E-state index contributed by atoms with van der Waals surface area (Å²) < 4.78 is 15.8. The molecule has 71 heavy (non-hydrogen) atoms. The molecule has 0 spiro atoms. The van der Waals surface area contributed by atoms with Crippen LogP contribution in [-0.4, -0.2) is 19.5 Å². The molecule has 5 heterocycles. The van der Waals surface area contributed by atoms with E-state index < -0.39 is 0 Å². The standard InChI is InChI=1S/C64H41N5O2/c1-38-47(37-58-61-59(38)45-22-11-12-24-51(45)69(61)54-25-13-14-26-56(54)71-58)43-29-32-53-49(36-43)48-34-41(28-31-52(48)68(53)44-20-9-4-10-21-44)42-30-33-55-50(35-42)60-46(23-15-27-57(60)70-55)64-66-62(39-16-5-2-6-17-39)65-63(67-64)40-18-7-3-8-19-40/h2-38,59H,1H3. The Labute approximate surface area is 408 Å². The summed E-state index contributed by atoms with van der Waals surface area (Å²) in [5, 5.41) is 4.33. The molecule has 0 bridgehead atoms. The van der Waals surface area contributed by atoms with Gasteiger partial charge in [-0.15, -0.1) is 0 Å². The van der Waals surface area contributed by atoms with Gasteiger partial charge in [0.25, 0.3) is 0 Å². The van der Waals surface area contributed by atoms with Gasteiger partial charge in [-0.2, -0.15) is 0 Å². The number of nitrogens with zero attached hydrogens (tertiary/aromatic N) is 5. The van der Waals surface area contributed by atoms with Crippen LogP contribution in [-0.2, 0) is 0 Å². The highest BCUT2D eigenvalue weighted by atomic mass is 16.5. The third-order valence-corrected chi connectivity index (χ3v) is 14.8. The molecule has 0 fully saturated rings. The average Bonchev–Trinajstić information content (AvgIpc) is 4.10. The molecular weight excluding hydrogens is 871 g/mol. The maximum Gasteiger partial charge on any atom is 0.164 e. The summed E-state index contributed by atoms with van der Waals surface area (Å²) in [5.41, 5.74) is 17.3. The van der Waals surface area contributed by atoms with Crippen molar-refractivity contribution >= 4 is 60.7 Å². The highest BCUT2D eigenvalue weighted by molar-refractivity contribution is 6.14. The number of hydrogen-bond donors (Lipinski definition) is 0. The van der Waals surface area contributed by atoms with Crippen LogP contribution in [0.3, 0.4) is 0 Å². The van der Waals surface area contributed by atoms with Gasteiger partial charge >= 0.3 is 0 Å². The van der Waals surface area contributed by atoms with Gasteiger partial charge in [-0.3, -0.25) is 0 Å². The number of anilines is 2. The molecule has 7 heteroatoms. The van der Waals surface area contributed by atoms with E-state index in [2.05, 4.69) is 162 Å². The van der Waals surface area contributed by atoms with Crippen LogP contribution in [0.15, 0.2) is 234 Å². The highest BCUT2D eigenvalue weighted by Gasteiger charge is 2.46. The number of ether oxygens (including phenoxy) is 1. The second kappa shape index (κ2) is 15.3. The van der Waals surface area contributed by atoms with Gasteiger partial charge in [0.05, 0.1) is 28.1 Å². The van der Waals surface area contributed by atoms with Crippen LogP contribution in [0.25, 0.3) is 100 Å². The van der Waals surface area contributed by atoms with E-state index in [1.54, 1.807) is 0 Å². The van der Waals surface area contributed by atoms with Gasteiger partial charge in [-0.25, -0.2) is 15.0 Å². The molecule has 3 aliphatic rings. The van der Waals surface area contributed by atoms with Gasteiger partial charge in [0, 0.05) is 49.8 Å². The smallest absolute Gasteiger partial charge is 0.164 e. The molecule has 7 nitrogen and oxygen atoms in total. The van der Waals surface area contributed by atoms with Crippen LogP contribution < -0.4 is 9.64 Å². The van der Waals surface area contributed by atoms with E-state index in [4.69, 9.17) is 24.1 Å². The first-order valence-electron chi connectivity index (χ1n) is 24.2. The van der Waals surface area contributed by atoms with Crippen molar-refractivity contribution in [1.29, 1.82) is 0 Å². The molecule has 0 amide bonds. The van der Waals surface area contributed by atoms with Gasteiger partial charge in [0.2, 0.25) is 0 Å². The predicted octanol–water partition coefficient (Wildman–Crippen LogP) is 16.1. The molecule has 0 radical (unpaired) electrons. The molecule has 2 atom stereocenters. The van der Waals surface area contributed by atoms with Gasteiger partial charge in [-0.1, -0.05) is 146 Å². The minimum absolute atomic E-state index is 0.152. The SMILES string of the molecule is CC1C(c2ccc3c(c2)c2cc(-c4ccc5oc6cccc(-c7nc(-c8ccccc8)nc(-c8ccccc8)n7)c6c5c4)ccc2n3-c2ccccc2)=CC2=C3C1c1ccccc1N3c1ccccc1O2. The lowest BCUT2D eigenvalue weighted by molar-refractivity contribution is 0.412. The van der Waals surface area contributed by atoms with E-state index >= 15 is 0 Å². The monoisotopic (exact) mass is 911 g/mol. The number of fused-ring (bicyclic) bond motifs is 11. The van der Waals surface area contributed by atoms with Crippen molar-refractivity contribution < 1.29 is 9.15 Å². The number of furan rings is 1. The lowest BCUT2D eigenvalue weighted by Crippen LogP contribution is -2.27. The fourth-order valence-electron chi connectivity index (χ4n) is 11.6. The minimum atomic E-state index is 0.152. The number of rotatable bonds is 6. The lowest BCUT2D eigenvalue weighted by atomic mass is 9.75. The Kier molecular flexibility index (Phi) is 8.56. The largest absolute Gasteiger partial charge is 0.456 e. The van der Waals surface area contributed by atoms with E-state index in [-0.39, 0.29) is 11.8 Å². The summed E-state index contributed by atoms with van der Waals surface area (Å²) in [4.78, 5) is 17.6. The van der Waals surface area contributed by atoms with Crippen molar-refractivity contribution in [3.05, 3.63) is 241 Å². The fraction of sp³-hybridized carbons (Fsp3) is 0.0469. The van der Waals surface area contributed by atoms with Crippen molar-refractivity contribution in [3.8, 4) is 56.7 Å². The molecule has 0 N–H and O–H groups in total. The van der Waals surface area contributed by atoms with Crippen molar-refractivity contribution in [2.24, 2.45) is 5.92 Å². The van der Waals surface area contributed by atoms with Crippen LogP contribution in [0.4, 0.5) is 11.4 Å². The summed E-state index contributed by atoms with van der Waals surface area (Å²) in [6.45, 7) is 2.38. The first-order chi connectivity index (χ1) is 35.1. The Morgan fingerprint density at radius 3 is 1.79 bits per heavy atom. The van der Waals surface area contributed by atoms with Crippen LogP contribution >= 0.6 is 0 Å². The zero-order valence-corrected chi connectivity index (χ0v) is 38.5. The molecular formula is C64H41N5O2. The Hall–Kier alpha value is -9.33. The molecule has 15 rings (SSSR count). The van der Waals surface area contributed by atoms with E-state index in [0.29, 0.717) is 17.5 Å².